The van der Waals surface area contributed by atoms with Gasteiger partial charge in [-0.2, -0.15) is 0 Å². The minimum atomic E-state index is -0.645. The van der Waals surface area contributed by atoms with Gasteiger partial charge in [0, 0.05) is 5.02 Å². The van der Waals surface area contributed by atoms with Crippen molar-refractivity contribution in [2.24, 2.45) is 5.92 Å². The predicted octanol–water partition coefficient (Wildman–Crippen LogP) is 2.00. The molecule has 1 N–H and O–H groups in total. The average Bonchev–Trinajstić information content (AvgIpc) is 2.53. The largest absolute Gasteiger partial charge is 0.388 e. The van der Waals surface area contributed by atoms with E-state index in [2.05, 4.69) is 0 Å². The zero-order valence-corrected chi connectivity index (χ0v) is 8.82. The third kappa shape index (κ3) is 2.28. The van der Waals surface area contributed by atoms with Gasteiger partial charge in [-0.05, 0) is 30.2 Å². The minimum Gasteiger partial charge on any atom is -0.388 e. The van der Waals surface area contributed by atoms with Gasteiger partial charge in [0.25, 0.3) is 0 Å². The highest BCUT2D eigenvalue weighted by Gasteiger charge is 2.28. The first kappa shape index (κ1) is 10.4. The van der Waals surface area contributed by atoms with E-state index in [0.717, 1.165) is 5.56 Å². The van der Waals surface area contributed by atoms with Crippen molar-refractivity contribution in [1.82, 2.24) is 0 Å². The topological polar surface area (TPSA) is 37.3 Å². The van der Waals surface area contributed by atoms with Gasteiger partial charge >= 0.3 is 0 Å². The second kappa shape index (κ2) is 4.17. The highest BCUT2D eigenvalue weighted by atomic mass is 35.5. The van der Waals surface area contributed by atoms with Crippen molar-refractivity contribution in [2.75, 3.05) is 0 Å². The molecule has 1 aromatic rings. The van der Waals surface area contributed by atoms with Crippen molar-refractivity contribution in [1.29, 1.82) is 0 Å². The Morgan fingerprint density at radius 2 is 1.93 bits per heavy atom. The lowest BCUT2D eigenvalue weighted by Gasteiger charge is -2.12. The first-order valence-electron chi connectivity index (χ1n) is 4.81. The smallest absolute Gasteiger partial charge is 0.161 e. The normalized spacial score (nSPS) is 24.8. The molecule has 0 bridgehead atoms. The minimum absolute atomic E-state index is 0.00236. The lowest BCUT2D eigenvalue weighted by molar-refractivity contribution is -0.119. The summed E-state index contributed by atoms with van der Waals surface area (Å²) in [6.45, 7) is 0. The maximum absolute atomic E-state index is 11.4. The summed E-state index contributed by atoms with van der Waals surface area (Å²) in [5, 5.41) is 10.2. The van der Waals surface area contributed by atoms with E-state index in [0.29, 0.717) is 11.4 Å². The number of allylic oxidation sites excluding steroid dienone is 1. The van der Waals surface area contributed by atoms with Crippen LogP contribution in [0.1, 0.15) is 5.56 Å². The molecule has 2 nitrogen and oxygen atoms in total. The molecule has 0 saturated heterocycles. The van der Waals surface area contributed by atoms with Crippen molar-refractivity contribution in [3.05, 3.63) is 47.0 Å². The predicted molar refractivity (Wildman–Crippen MR) is 58.8 cm³/mol. The van der Waals surface area contributed by atoms with Crippen LogP contribution in [0.25, 0.3) is 0 Å². The molecule has 3 heteroatoms. The van der Waals surface area contributed by atoms with Crippen LogP contribution in [0.5, 0.6) is 0 Å². The number of hydrogen-bond donors (Lipinski definition) is 1. The quantitative estimate of drug-likeness (QED) is 0.831. The molecule has 2 atom stereocenters. The van der Waals surface area contributed by atoms with E-state index in [4.69, 9.17) is 11.6 Å². The van der Waals surface area contributed by atoms with E-state index in [9.17, 15) is 9.90 Å². The van der Waals surface area contributed by atoms with Crippen LogP contribution < -0.4 is 0 Å². The molecule has 0 spiro atoms. The Morgan fingerprint density at radius 1 is 1.27 bits per heavy atom. The third-order valence-corrected chi connectivity index (χ3v) is 2.86. The highest BCUT2D eigenvalue weighted by molar-refractivity contribution is 6.30. The summed E-state index contributed by atoms with van der Waals surface area (Å²) in [6, 6.07) is 7.33. The molecule has 0 fully saturated rings. The zero-order valence-electron chi connectivity index (χ0n) is 8.06. The summed E-state index contributed by atoms with van der Waals surface area (Å²) in [4.78, 5) is 11.4. The number of ketones is 1. The molecule has 0 aromatic heterocycles. The Hall–Kier alpha value is -1.12. The van der Waals surface area contributed by atoms with Crippen molar-refractivity contribution in [3.63, 3.8) is 0 Å². The number of hydrogen-bond acceptors (Lipinski definition) is 2. The van der Waals surface area contributed by atoms with E-state index in [1.807, 2.05) is 12.1 Å². The van der Waals surface area contributed by atoms with Gasteiger partial charge in [-0.3, -0.25) is 4.79 Å². The number of carbonyl (C=O) groups is 1. The Bertz CT molecular complexity index is 395. The van der Waals surface area contributed by atoms with Crippen LogP contribution in [0.4, 0.5) is 0 Å². The molecule has 2 rings (SSSR count). The molecular formula is C12H11ClO2. The van der Waals surface area contributed by atoms with Crippen LogP contribution in [0.2, 0.25) is 5.02 Å². The first-order valence-corrected chi connectivity index (χ1v) is 5.19. The Morgan fingerprint density at radius 3 is 2.47 bits per heavy atom. The van der Waals surface area contributed by atoms with Crippen LogP contribution in [0.3, 0.4) is 0 Å². The summed E-state index contributed by atoms with van der Waals surface area (Å²) in [5.41, 5.74) is 1.01. The van der Waals surface area contributed by atoms with E-state index >= 15 is 0 Å². The molecule has 0 amide bonds. The highest BCUT2D eigenvalue weighted by Crippen LogP contribution is 2.21. The fraction of sp³-hybridized carbons (Fsp3) is 0.250. The fourth-order valence-corrected chi connectivity index (χ4v) is 1.84. The standard InChI is InChI=1S/C12H11ClO2/c13-9-3-1-8(2-4-9)7-10-11(14)5-6-12(10)15/h1-6,10-11,14H,7H2. The van der Waals surface area contributed by atoms with Gasteiger partial charge in [0.1, 0.15) is 0 Å². The first-order chi connectivity index (χ1) is 7.16. The van der Waals surface area contributed by atoms with Crippen LogP contribution in [-0.2, 0) is 11.2 Å². The van der Waals surface area contributed by atoms with E-state index in [-0.39, 0.29) is 11.7 Å². The maximum atomic E-state index is 11.4. The molecule has 78 valence electrons. The molecule has 15 heavy (non-hydrogen) atoms. The van der Waals surface area contributed by atoms with Gasteiger partial charge in [-0.15, -0.1) is 0 Å². The van der Waals surface area contributed by atoms with Gasteiger partial charge in [-0.1, -0.05) is 29.8 Å². The number of halogens is 1. The van der Waals surface area contributed by atoms with Crippen molar-refractivity contribution in [2.45, 2.75) is 12.5 Å². The summed E-state index contributed by atoms with van der Waals surface area (Å²) in [7, 11) is 0. The number of carbonyl (C=O) groups excluding carboxylic acids is 1. The van der Waals surface area contributed by atoms with Gasteiger partial charge in [-0.25, -0.2) is 0 Å². The number of rotatable bonds is 2. The number of benzene rings is 1. The molecule has 0 heterocycles. The SMILES string of the molecule is O=C1C=CC(O)C1Cc1ccc(Cl)cc1. The molecule has 1 aromatic carbocycles. The Labute approximate surface area is 93.2 Å². The lowest BCUT2D eigenvalue weighted by atomic mass is 9.95. The van der Waals surface area contributed by atoms with E-state index in [1.54, 1.807) is 18.2 Å². The number of aliphatic hydroxyl groups is 1. The number of aliphatic hydroxyl groups excluding tert-OH is 1. The van der Waals surface area contributed by atoms with Crippen molar-refractivity contribution in [3.8, 4) is 0 Å². The van der Waals surface area contributed by atoms with E-state index in [1.165, 1.54) is 6.08 Å². The van der Waals surface area contributed by atoms with Crippen LogP contribution in [-0.4, -0.2) is 17.0 Å². The summed E-state index contributed by atoms with van der Waals surface area (Å²) >= 11 is 5.76. The van der Waals surface area contributed by atoms with Crippen LogP contribution in [0.15, 0.2) is 36.4 Å². The fourth-order valence-electron chi connectivity index (χ4n) is 1.72. The Kier molecular flexibility index (Phi) is 2.89. The van der Waals surface area contributed by atoms with Crippen LogP contribution in [0, 0.1) is 5.92 Å². The molecule has 0 radical (unpaired) electrons. The summed E-state index contributed by atoms with van der Waals surface area (Å²) in [6.07, 6.45) is 2.91. The van der Waals surface area contributed by atoms with E-state index < -0.39 is 6.10 Å². The summed E-state index contributed by atoms with van der Waals surface area (Å²) in [5.74, 6) is -0.330. The monoisotopic (exact) mass is 222 g/mol. The maximum Gasteiger partial charge on any atom is 0.161 e. The molecule has 2 unspecified atom stereocenters. The van der Waals surface area contributed by atoms with Crippen molar-refractivity contribution >= 4 is 17.4 Å². The van der Waals surface area contributed by atoms with Gasteiger partial charge in [0.2, 0.25) is 0 Å². The molecule has 0 aliphatic heterocycles. The molecule has 1 aliphatic carbocycles. The zero-order chi connectivity index (χ0) is 10.8. The summed E-state index contributed by atoms with van der Waals surface area (Å²) < 4.78 is 0. The lowest BCUT2D eigenvalue weighted by Crippen LogP contribution is -2.22. The molecule has 0 saturated carbocycles. The van der Waals surface area contributed by atoms with Gasteiger partial charge in [0.05, 0.1) is 12.0 Å². The molecule has 1 aliphatic rings. The second-order valence-electron chi connectivity index (χ2n) is 3.69. The van der Waals surface area contributed by atoms with Gasteiger partial charge in [0.15, 0.2) is 5.78 Å². The van der Waals surface area contributed by atoms with Crippen molar-refractivity contribution < 1.29 is 9.90 Å². The van der Waals surface area contributed by atoms with Gasteiger partial charge < -0.3 is 5.11 Å². The second-order valence-corrected chi connectivity index (χ2v) is 4.13. The Balaban J connectivity index is 2.09. The molecular weight excluding hydrogens is 212 g/mol. The third-order valence-electron chi connectivity index (χ3n) is 2.60. The average molecular weight is 223 g/mol. The van der Waals surface area contributed by atoms with Crippen LogP contribution >= 0.6 is 11.6 Å².